The van der Waals surface area contributed by atoms with E-state index < -0.39 is 0 Å². The van der Waals surface area contributed by atoms with E-state index in [1.807, 2.05) is 9.13 Å². The Morgan fingerprint density at radius 3 is 1.57 bits per heavy atom. The summed E-state index contributed by atoms with van der Waals surface area (Å²) in [6.07, 6.45) is 25.1. The predicted octanol–water partition coefficient (Wildman–Crippen LogP) is 13.5. The van der Waals surface area contributed by atoms with E-state index in [0.29, 0.717) is 16.6 Å². The molecule has 1 unspecified atom stereocenters. The Bertz CT molecular complexity index is 1290. The first-order valence-electron chi connectivity index (χ1n) is 17.8. The first-order valence-corrected chi connectivity index (χ1v) is 19.1. The summed E-state index contributed by atoms with van der Waals surface area (Å²) in [5.74, 6) is 1.12. The van der Waals surface area contributed by atoms with E-state index in [9.17, 15) is 0 Å². The highest BCUT2D eigenvalue weighted by Gasteiger charge is 2.17. The Morgan fingerprint density at radius 1 is 0.614 bits per heavy atom. The van der Waals surface area contributed by atoms with Gasteiger partial charge in [0.1, 0.15) is 10.1 Å². The van der Waals surface area contributed by atoms with Crippen LogP contribution in [0.5, 0.6) is 0 Å². The van der Waals surface area contributed by atoms with E-state index in [-0.39, 0.29) is 0 Å². The van der Waals surface area contributed by atoms with E-state index in [2.05, 4.69) is 76.2 Å². The van der Waals surface area contributed by atoms with Gasteiger partial charge in [-0.05, 0) is 65.9 Å². The second-order valence-corrected chi connectivity index (χ2v) is 14.6. The lowest BCUT2D eigenvalue weighted by Crippen LogP contribution is -2.03. The number of hydrogen-bond donors (Lipinski definition) is 2. The number of rotatable bonds is 22. The van der Waals surface area contributed by atoms with Crippen LogP contribution in [0.1, 0.15) is 154 Å². The highest BCUT2D eigenvalue weighted by Crippen LogP contribution is 2.30. The fraction of sp³-hybridized carbons (Fsp3) is 0.615. The highest BCUT2D eigenvalue weighted by molar-refractivity contribution is 7.83. The van der Waals surface area contributed by atoms with Crippen molar-refractivity contribution < 1.29 is 0 Å². The molecule has 1 heterocycles. The van der Waals surface area contributed by atoms with E-state index >= 15 is 0 Å². The number of imidazole rings is 1. The summed E-state index contributed by atoms with van der Waals surface area (Å²) in [6, 6.07) is 17.4. The fourth-order valence-corrected chi connectivity index (χ4v) is 7.49. The Hall–Kier alpha value is -1.43. The molecule has 0 radical (unpaired) electrons. The van der Waals surface area contributed by atoms with Gasteiger partial charge in [-0.1, -0.05) is 161 Å². The molecular formula is C39H60N2S3. The molecule has 0 aliphatic rings. The van der Waals surface area contributed by atoms with Crippen molar-refractivity contribution in [2.75, 3.05) is 0 Å². The fourth-order valence-electron chi connectivity index (χ4n) is 6.34. The molecule has 0 bridgehead atoms. The zero-order valence-electron chi connectivity index (χ0n) is 28.2. The Kier molecular flexibility index (Phi) is 17.4. The van der Waals surface area contributed by atoms with Gasteiger partial charge in [-0.3, -0.25) is 9.13 Å². The number of aromatic nitrogens is 2. The number of nitrogens with zero attached hydrogens (tertiary/aromatic N) is 2. The molecule has 5 heteroatoms. The number of benzene rings is 2. The molecule has 0 aliphatic carbocycles. The second kappa shape index (κ2) is 20.6. The highest BCUT2D eigenvalue weighted by atomic mass is 32.1. The van der Waals surface area contributed by atoms with E-state index in [1.54, 1.807) is 0 Å². The van der Waals surface area contributed by atoms with Gasteiger partial charge in [-0.15, -0.1) is 25.3 Å². The molecule has 244 valence electrons. The second-order valence-electron chi connectivity index (χ2n) is 13.4. The zero-order valence-corrected chi connectivity index (χ0v) is 30.8. The number of hydrogen-bond acceptors (Lipinski definition) is 3. The lowest BCUT2D eigenvalue weighted by Gasteiger charge is -2.13. The molecule has 0 saturated carbocycles. The molecule has 0 aliphatic heterocycles. The maximum Gasteiger partial charge on any atom is 0.190 e. The molecule has 3 rings (SSSR count). The summed E-state index contributed by atoms with van der Waals surface area (Å²) in [6.45, 7) is 9.12. The summed E-state index contributed by atoms with van der Waals surface area (Å²) in [4.78, 5) is 0. The van der Waals surface area contributed by atoms with Crippen molar-refractivity contribution in [3.8, 4) is 11.4 Å². The van der Waals surface area contributed by atoms with Gasteiger partial charge in [0.15, 0.2) is 4.77 Å². The normalized spacial score (nSPS) is 12.3. The van der Waals surface area contributed by atoms with Crippen LogP contribution in [-0.2, 0) is 6.42 Å². The molecule has 0 spiro atoms. The maximum atomic E-state index is 5.98. The molecule has 0 fully saturated rings. The summed E-state index contributed by atoms with van der Waals surface area (Å²) in [5.41, 5.74) is 4.73. The lowest BCUT2D eigenvalue weighted by atomic mass is 9.95. The third kappa shape index (κ3) is 12.1. The minimum atomic E-state index is 0.447. The molecular weight excluding hydrogens is 593 g/mol. The third-order valence-corrected chi connectivity index (χ3v) is 10.5. The zero-order chi connectivity index (χ0) is 31.7. The van der Waals surface area contributed by atoms with Crippen LogP contribution in [0.3, 0.4) is 0 Å². The molecule has 3 aromatic rings. The molecule has 1 aromatic heterocycles. The summed E-state index contributed by atoms with van der Waals surface area (Å²) < 4.78 is 4.77. The minimum absolute atomic E-state index is 0.447. The van der Waals surface area contributed by atoms with Gasteiger partial charge in [-0.25, -0.2) is 0 Å². The Morgan fingerprint density at radius 2 is 1.07 bits per heavy atom. The van der Waals surface area contributed by atoms with Crippen molar-refractivity contribution in [2.24, 2.45) is 5.92 Å². The van der Waals surface area contributed by atoms with Crippen LogP contribution in [0.4, 0.5) is 0 Å². The van der Waals surface area contributed by atoms with Crippen molar-refractivity contribution >= 4 is 37.5 Å². The molecule has 0 saturated heterocycles. The van der Waals surface area contributed by atoms with E-state index in [4.69, 9.17) is 37.5 Å². The average molecular weight is 653 g/mol. The van der Waals surface area contributed by atoms with Crippen molar-refractivity contribution in [2.45, 2.75) is 159 Å². The van der Waals surface area contributed by atoms with Gasteiger partial charge in [0.05, 0.1) is 0 Å². The average Bonchev–Trinajstić information content (AvgIpc) is 3.24. The molecule has 44 heavy (non-hydrogen) atoms. The van der Waals surface area contributed by atoms with Crippen LogP contribution < -0.4 is 0 Å². The monoisotopic (exact) mass is 652 g/mol. The van der Waals surface area contributed by atoms with Crippen molar-refractivity contribution in [1.82, 2.24) is 9.13 Å². The summed E-state index contributed by atoms with van der Waals surface area (Å²) >= 11 is 15.7. The van der Waals surface area contributed by atoms with Crippen molar-refractivity contribution in [3.05, 3.63) is 64.4 Å². The molecule has 0 N–H and O–H groups in total. The number of thiol groups is 2. The first kappa shape index (κ1) is 37.0. The third-order valence-electron chi connectivity index (χ3n) is 9.10. The Balaban J connectivity index is 1.37. The van der Waals surface area contributed by atoms with Crippen molar-refractivity contribution in [3.63, 3.8) is 0 Å². The topological polar surface area (TPSA) is 9.86 Å². The van der Waals surface area contributed by atoms with Crippen LogP contribution in [0.25, 0.3) is 11.4 Å². The summed E-state index contributed by atoms with van der Waals surface area (Å²) in [5, 5.41) is 1.54. The van der Waals surface area contributed by atoms with Crippen LogP contribution in [0, 0.1) is 10.7 Å². The summed E-state index contributed by atoms with van der Waals surface area (Å²) in [7, 11) is 0. The van der Waals surface area contributed by atoms with Crippen LogP contribution in [-0.4, -0.2) is 9.13 Å². The first-order chi connectivity index (χ1) is 21.3. The van der Waals surface area contributed by atoms with Gasteiger partial charge in [0.2, 0.25) is 0 Å². The van der Waals surface area contributed by atoms with Gasteiger partial charge in [-0.2, -0.15) is 0 Å². The van der Waals surface area contributed by atoms with Crippen molar-refractivity contribution in [1.29, 1.82) is 0 Å². The van der Waals surface area contributed by atoms with Gasteiger partial charge in [0, 0.05) is 11.4 Å². The SMILES string of the molecule is CCCCCCCCCCCCCCCCCCC(C)Cc1cccc(-n2c(S)c(S)n(-c3cccc(C(C)C)c3)c2=S)c1. The standard InChI is InChI=1S/C39H60N2S3/c1-5-6-7-8-9-10-11-12-13-14-15-16-17-18-19-20-23-32(4)28-33-24-21-26-35(29-33)40-37(42)38(43)41(39(40)44)36-27-22-25-34(30-36)31(2)3/h21-22,24-27,29-32,42-43H,5-20,23,28H2,1-4H3. The smallest absolute Gasteiger partial charge is 0.190 e. The number of unbranched alkanes of at least 4 members (excludes halogenated alkanes) is 15. The van der Waals surface area contributed by atoms with Crippen LogP contribution in [0.2, 0.25) is 0 Å². The predicted molar refractivity (Wildman–Crippen MR) is 202 cm³/mol. The quantitative estimate of drug-likeness (QED) is 0.0624. The molecule has 2 aromatic carbocycles. The lowest BCUT2D eigenvalue weighted by molar-refractivity contribution is 0.476. The molecule has 0 amide bonds. The van der Waals surface area contributed by atoms with Gasteiger partial charge in [0.25, 0.3) is 0 Å². The maximum absolute atomic E-state index is 5.98. The van der Waals surface area contributed by atoms with Gasteiger partial charge >= 0.3 is 0 Å². The molecule has 1 atom stereocenters. The minimum Gasteiger partial charge on any atom is -0.279 e. The van der Waals surface area contributed by atoms with E-state index in [1.165, 1.54) is 120 Å². The van der Waals surface area contributed by atoms with Gasteiger partial charge < -0.3 is 0 Å². The van der Waals surface area contributed by atoms with E-state index in [0.717, 1.165) is 27.8 Å². The molecule has 2 nitrogen and oxygen atoms in total. The van der Waals surface area contributed by atoms with Crippen LogP contribution in [0.15, 0.2) is 58.6 Å². The van der Waals surface area contributed by atoms with Crippen LogP contribution >= 0.6 is 37.5 Å². The largest absolute Gasteiger partial charge is 0.279 e. The Labute approximate surface area is 286 Å².